The molecule has 1 heterocycles. The van der Waals surface area contributed by atoms with Crippen LogP contribution in [0, 0.1) is 6.92 Å². The molecule has 3 rings (SSSR count). The first-order valence-corrected chi connectivity index (χ1v) is 8.09. The van der Waals surface area contributed by atoms with Crippen molar-refractivity contribution in [2.45, 2.75) is 6.92 Å². The van der Waals surface area contributed by atoms with Gasteiger partial charge in [-0.1, -0.05) is 48.5 Å². The lowest BCUT2D eigenvalue weighted by molar-refractivity contribution is 0.870. The third kappa shape index (κ3) is 3.19. The molecule has 0 fully saturated rings. The summed E-state index contributed by atoms with van der Waals surface area (Å²) in [6, 6.07) is 20.1. The number of nitrogens with one attached hydrogen (secondary N) is 1. The molecule has 0 atom stereocenters. The third-order valence-electron chi connectivity index (χ3n) is 3.50. The molecule has 0 amide bonds. The van der Waals surface area contributed by atoms with Crippen LogP contribution in [0.5, 0.6) is 0 Å². The largest absolute Gasteiger partial charge is 0.324 e. The minimum absolute atomic E-state index is 0.795. The molecular weight excluding hydrogens is 352 g/mol. The topological polar surface area (TPSA) is 42.2 Å². The Kier molecular flexibility index (Phi) is 4.57. The molecule has 1 N–H and O–H groups in total. The first kappa shape index (κ1) is 15.5. The molecule has 0 saturated carbocycles. The molecule has 23 heavy (non-hydrogen) atoms. The van der Waals surface area contributed by atoms with E-state index in [2.05, 4.69) is 31.3 Å². The number of halogens is 1. The molecule has 0 saturated heterocycles. The second-order valence-corrected chi connectivity index (χ2v) is 5.85. The Hall–Kier alpha value is -2.40. The number of aryl methyl sites for hydroxylation is 1. The van der Waals surface area contributed by atoms with Crippen molar-refractivity contribution >= 4 is 27.6 Å². The van der Waals surface area contributed by atoms with Crippen LogP contribution in [-0.2, 0) is 0 Å². The summed E-state index contributed by atoms with van der Waals surface area (Å²) in [7, 11) is 1.78. The molecule has 0 aliphatic heterocycles. The molecule has 5 heteroatoms. The molecule has 2 aromatic carbocycles. The highest BCUT2D eigenvalue weighted by molar-refractivity contribution is 9.10. The highest BCUT2D eigenvalue weighted by Gasteiger charge is 2.16. The van der Waals surface area contributed by atoms with Crippen molar-refractivity contribution in [3.8, 4) is 5.69 Å². The van der Waals surface area contributed by atoms with Crippen molar-refractivity contribution in [3.05, 3.63) is 76.4 Å². The number of hydrogen-bond acceptors (Lipinski definition) is 2. The Labute approximate surface area is 144 Å². The van der Waals surface area contributed by atoms with Crippen LogP contribution in [0.1, 0.15) is 11.3 Å². The zero-order chi connectivity index (χ0) is 16.2. The first-order valence-electron chi connectivity index (χ1n) is 7.30. The maximum atomic E-state index is 4.61. The molecule has 1 aromatic heterocycles. The summed E-state index contributed by atoms with van der Waals surface area (Å²) in [4.78, 5) is 4.38. The molecule has 0 bridgehead atoms. The summed E-state index contributed by atoms with van der Waals surface area (Å²) in [6.07, 6.45) is 0. The van der Waals surface area contributed by atoms with E-state index >= 15 is 0 Å². The van der Waals surface area contributed by atoms with Crippen LogP contribution in [0.3, 0.4) is 0 Å². The van der Waals surface area contributed by atoms with Crippen molar-refractivity contribution < 1.29 is 0 Å². The number of rotatable bonds is 3. The Bertz CT molecular complexity index is 823. The van der Waals surface area contributed by atoms with E-state index in [1.165, 1.54) is 0 Å². The highest BCUT2D eigenvalue weighted by Crippen LogP contribution is 2.29. The number of nitrogens with zero attached hydrogens (tertiary/aromatic N) is 3. The maximum Gasteiger partial charge on any atom is 0.150 e. The van der Waals surface area contributed by atoms with Crippen molar-refractivity contribution in [1.29, 1.82) is 0 Å². The van der Waals surface area contributed by atoms with Crippen LogP contribution in [0.25, 0.3) is 5.69 Å². The van der Waals surface area contributed by atoms with Gasteiger partial charge in [0.2, 0.25) is 0 Å². The minimum Gasteiger partial charge on any atom is -0.324 e. The van der Waals surface area contributed by atoms with Gasteiger partial charge in [0.05, 0.1) is 15.9 Å². The fourth-order valence-electron chi connectivity index (χ4n) is 2.34. The number of anilines is 1. The Balaban J connectivity index is 2.03. The zero-order valence-corrected chi connectivity index (χ0v) is 14.6. The fourth-order valence-corrected chi connectivity index (χ4v) is 2.68. The maximum absolute atomic E-state index is 4.61. The summed E-state index contributed by atoms with van der Waals surface area (Å²) < 4.78 is 2.81. The highest BCUT2D eigenvalue weighted by atomic mass is 79.9. The molecule has 116 valence electrons. The second kappa shape index (κ2) is 6.79. The number of aliphatic imine (C=N–C) groups is 1. The average Bonchev–Trinajstić information content (AvgIpc) is 2.89. The van der Waals surface area contributed by atoms with E-state index in [9.17, 15) is 0 Å². The lowest BCUT2D eigenvalue weighted by Gasteiger charge is -2.12. The van der Waals surface area contributed by atoms with Crippen LogP contribution < -0.4 is 5.32 Å². The van der Waals surface area contributed by atoms with Crippen LogP contribution in [0.2, 0.25) is 0 Å². The smallest absolute Gasteiger partial charge is 0.150 e. The number of aromatic nitrogens is 2. The van der Waals surface area contributed by atoms with E-state index < -0.39 is 0 Å². The lowest BCUT2D eigenvalue weighted by atomic mass is 10.2. The lowest BCUT2D eigenvalue weighted by Crippen LogP contribution is -2.16. The Morgan fingerprint density at radius 2 is 1.65 bits per heavy atom. The van der Waals surface area contributed by atoms with Gasteiger partial charge in [0, 0.05) is 12.6 Å². The fraction of sp³-hybridized carbons (Fsp3) is 0.111. The van der Waals surface area contributed by atoms with Gasteiger partial charge in [0.15, 0.2) is 0 Å². The molecule has 0 aliphatic rings. The van der Waals surface area contributed by atoms with Gasteiger partial charge in [-0.25, -0.2) is 4.68 Å². The summed E-state index contributed by atoms with van der Waals surface area (Å²) in [6.45, 7) is 1.97. The van der Waals surface area contributed by atoms with Crippen molar-refractivity contribution in [2.75, 3.05) is 12.4 Å². The monoisotopic (exact) mass is 368 g/mol. The summed E-state index contributed by atoms with van der Waals surface area (Å²) in [5.41, 5.74) is 2.94. The molecule has 4 nitrogen and oxygen atoms in total. The van der Waals surface area contributed by atoms with Gasteiger partial charge in [-0.05, 0) is 35.0 Å². The van der Waals surface area contributed by atoms with Crippen LogP contribution >= 0.6 is 15.9 Å². The SMILES string of the molecule is CN=C(Nc1c(Br)c(C)nn1-c1ccccc1)c1ccccc1. The van der Waals surface area contributed by atoms with Crippen LogP contribution in [-0.4, -0.2) is 22.7 Å². The standard InChI is InChI=1S/C18H17BrN4/c1-13-16(19)18(23(22-13)15-11-7-4-8-12-15)21-17(20-2)14-9-5-3-6-10-14/h3-12H,1-2H3,(H,20,21). The predicted octanol–water partition coefficient (Wildman–Crippen LogP) is 4.43. The molecule has 0 unspecified atom stereocenters. The number of para-hydroxylation sites is 1. The van der Waals surface area contributed by atoms with Gasteiger partial charge < -0.3 is 5.32 Å². The van der Waals surface area contributed by atoms with Gasteiger partial charge >= 0.3 is 0 Å². The Morgan fingerprint density at radius 3 is 2.26 bits per heavy atom. The van der Waals surface area contributed by atoms with Crippen molar-refractivity contribution in [1.82, 2.24) is 9.78 Å². The third-order valence-corrected chi connectivity index (χ3v) is 4.45. The zero-order valence-electron chi connectivity index (χ0n) is 13.0. The van der Waals surface area contributed by atoms with E-state index in [-0.39, 0.29) is 0 Å². The van der Waals surface area contributed by atoms with Gasteiger partial charge in [-0.15, -0.1) is 0 Å². The Morgan fingerprint density at radius 1 is 1.04 bits per heavy atom. The van der Waals surface area contributed by atoms with Gasteiger partial charge in [0.25, 0.3) is 0 Å². The normalized spacial score (nSPS) is 11.5. The molecule has 3 aromatic rings. The van der Waals surface area contributed by atoms with Crippen LogP contribution in [0.4, 0.5) is 5.82 Å². The number of hydrogen-bond donors (Lipinski definition) is 1. The quantitative estimate of drug-likeness (QED) is 0.548. The van der Waals surface area contributed by atoms with E-state index in [0.717, 1.165) is 33.1 Å². The molecule has 0 spiro atoms. The number of benzene rings is 2. The average molecular weight is 369 g/mol. The summed E-state index contributed by atoms with van der Waals surface area (Å²) >= 11 is 3.63. The summed E-state index contributed by atoms with van der Waals surface area (Å²) in [5, 5.41) is 8.02. The van der Waals surface area contributed by atoms with E-state index in [1.54, 1.807) is 7.05 Å². The van der Waals surface area contributed by atoms with Crippen LogP contribution in [0.15, 0.2) is 70.1 Å². The van der Waals surface area contributed by atoms with Gasteiger partial charge in [-0.3, -0.25) is 4.99 Å². The summed E-state index contributed by atoms with van der Waals surface area (Å²) in [5.74, 6) is 1.65. The van der Waals surface area contributed by atoms with Gasteiger partial charge in [0.1, 0.15) is 11.7 Å². The van der Waals surface area contributed by atoms with E-state index in [1.807, 2.05) is 72.3 Å². The minimum atomic E-state index is 0.795. The van der Waals surface area contributed by atoms with Crippen molar-refractivity contribution in [2.24, 2.45) is 4.99 Å². The van der Waals surface area contributed by atoms with Gasteiger partial charge in [-0.2, -0.15) is 5.10 Å². The van der Waals surface area contributed by atoms with E-state index in [4.69, 9.17) is 0 Å². The van der Waals surface area contributed by atoms with Crippen molar-refractivity contribution in [3.63, 3.8) is 0 Å². The second-order valence-electron chi connectivity index (χ2n) is 5.06. The van der Waals surface area contributed by atoms with E-state index in [0.29, 0.717) is 0 Å². The molecule has 0 aliphatic carbocycles. The predicted molar refractivity (Wildman–Crippen MR) is 98.5 cm³/mol. The molecular formula is C18H17BrN4. The number of amidine groups is 1. The first-order chi connectivity index (χ1) is 11.2. The molecule has 0 radical (unpaired) electrons.